The summed E-state index contributed by atoms with van der Waals surface area (Å²) in [4.78, 5) is 26.3. The van der Waals surface area contributed by atoms with E-state index in [4.69, 9.17) is 5.11 Å². The molecule has 0 fully saturated rings. The van der Waals surface area contributed by atoms with Crippen molar-refractivity contribution < 1.29 is 14.7 Å². The Kier molecular flexibility index (Phi) is 4.14. The number of rotatable bonds is 5. The highest BCUT2D eigenvalue weighted by molar-refractivity contribution is 6.02. The van der Waals surface area contributed by atoms with E-state index in [-0.39, 0.29) is 12.3 Å². The standard InChI is InChI=1S/C14H15N3O3/c1-17-8-12(15-9-17)14(20)16-11-5-2-10(3-6-11)4-7-13(18)19/h2-3,5-6,8-9H,4,7H2,1H3,(H,16,20)(H,18,19). The summed E-state index contributed by atoms with van der Waals surface area (Å²) < 4.78 is 1.70. The fourth-order valence-corrected chi connectivity index (χ4v) is 1.73. The largest absolute Gasteiger partial charge is 0.481 e. The first kappa shape index (κ1) is 13.8. The van der Waals surface area contributed by atoms with Crippen molar-refractivity contribution in [1.82, 2.24) is 9.55 Å². The summed E-state index contributed by atoms with van der Waals surface area (Å²) in [5, 5.41) is 11.3. The smallest absolute Gasteiger partial charge is 0.303 e. The van der Waals surface area contributed by atoms with E-state index in [0.717, 1.165) is 5.56 Å². The lowest BCUT2D eigenvalue weighted by atomic mass is 10.1. The van der Waals surface area contributed by atoms with Crippen molar-refractivity contribution in [3.63, 3.8) is 0 Å². The van der Waals surface area contributed by atoms with Crippen LogP contribution in [0.4, 0.5) is 5.69 Å². The predicted molar refractivity (Wildman–Crippen MR) is 73.6 cm³/mol. The molecule has 6 nitrogen and oxygen atoms in total. The number of hydrogen-bond donors (Lipinski definition) is 2. The van der Waals surface area contributed by atoms with Gasteiger partial charge in [-0.25, -0.2) is 4.98 Å². The number of carbonyl (C=O) groups excluding carboxylic acids is 1. The molecule has 0 atom stereocenters. The minimum absolute atomic E-state index is 0.0969. The molecule has 1 amide bonds. The predicted octanol–water partition coefficient (Wildman–Crippen LogP) is 1.69. The summed E-state index contributed by atoms with van der Waals surface area (Å²) in [6, 6.07) is 7.10. The molecule has 20 heavy (non-hydrogen) atoms. The van der Waals surface area contributed by atoms with Crippen LogP contribution in [0.2, 0.25) is 0 Å². The van der Waals surface area contributed by atoms with Crippen LogP contribution in [0.1, 0.15) is 22.5 Å². The number of hydrogen-bond acceptors (Lipinski definition) is 3. The number of aliphatic carboxylic acids is 1. The van der Waals surface area contributed by atoms with Crippen molar-refractivity contribution in [3.8, 4) is 0 Å². The summed E-state index contributed by atoms with van der Waals surface area (Å²) in [6.45, 7) is 0. The molecule has 0 saturated carbocycles. The number of imidazole rings is 1. The van der Waals surface area contributed by atoms with Gasteiger partial charge >= 0.3 is 5.97 Å². The average molecular weight is 273 g/mol. The molecule has 1 aromatic heterocycles. The number of carboxylic acids is 1. The van der Waals surface area contributed by atoms with Crippen LogP contribution < -0.4 is 5.32 Å². The number of carboxylic acid groups (broad SMARTS) is 1. The van der Waals surface area contributed by atoms with E-state index in [1.165, 1.54) is 0 Å². The normalized spacial score (nSPS) is 10.2. The zero-order valence-corrected chi connectivity index (χ0v) is 11.0. The van der Waals surface area contributed by atoms with Gasteiger partial charge in [-0.1, -0.05) is 12.1 Å². The van der Waals surface area contributed by atoms with E-state index in [9.17, 15) is 9.59 Å². The maximum atomic E-state index is 11.9. The minimum Gasteiger partial charge on any atom is -0.481 e. The van der Waals surface area contributed by atoms with E-state index in [1.807, 2.05) is 0 Å². The van der Waals surface area contributed by atoms with Gasteiger partial charge in [0.05, 0.1) is 6.33 Å². The van der Waals surface area contributed by atoms with Crippen molar-refractivity contribution in [3.05, 3.63) is 48.0 Å². The van der Waals surface area contributed by atoms with E-state index in [1.54, 1.807) is 48.4 Å². The van der Waals surface area contributed by atoms with Crippen LogP contribution in [0.15, 0.2) is 36.8 Å². The molecule has 2 aromatic rings. The molecule has 0 spiro atoms. The molecular formula is C14H15N3O3. The maximum absolute atomic E-state index is 11.9. The fraction of sp³-hybridized carbons (Fsp3) is 0.214. The molecule has 1 aromatic carbocycles. The minimum atomic E-state index is -0.822. The fourth-order valence-electron chi connectivity index (χ4n) is 1.73. The summed E-state index contributed by atoms with van der Waals surface area (Å²) in [5.41, 5.74) is 1.92. The summed E-state index contributed by atoms with van der Waals surface area (Å²) in [7, 11) is 1.79. The highest BCUT2D eigenvalue weighted by Gasteiger charge is 2.08. The Labute approximate surface area is 116 Å². The number of nitrogens with zero attached hydrogens (tertiary/aromatic N) is 2. The molecule has 0 bridgehead atoms. The number of anilines is 1. The van der Waals surface area contributed by atoms with Crippen molar-refractivity contribution >= 4 is 17.6 Å². The molecule has 0 aliphatic heterocycles. The van der Waals surface area contributed by atoms with Crippen LogP contribution in [0.5, 0.6) is 0 Å². The van der Waals surface area contributed by atoms with E-state index >= 15 is 0 Å². The molecule has 2 N–H and O–H groups in total. The lowest BCUT2D eigenvalue weighted by Gasteiger charge is -2.04. The maximum Gasteiger partial charge on any atom is 0.303 e. The number of amides is 1. The molecular weight excluding hydrogens is 258 g/mol. The first-order chi connectivity index (χ1) is 9.54. The Balaban J connectivity index is 1.96. The Bertz CT molecular complexity index is 617. The molecule has 2 rings (SSSR count). The van der Waals surface area contributed by atoms with Crippen molar-refractivity contribution in [1.29, 1.82) is 0 Å². The Morgan fingerprint density at radius 1 is 1.30 bits per heavy atom. The highest BCUT2D eigenvalue weighted by atomic mass is 16.4. The second-order valence-corrected chi connectivity index (χ2v) is 4.47. The van der Waals surface area contributed by atoms with E-state index in [2.05, 4.69) is 10.3 Å². The van der Waals surface area contributed by atoms with Gasteiger partial charge in [-0.3, -0.25) is 9.59 Å². The number of nitrogens with one attached hydrogen (secondary N) is 1. The summed E-state index contributed by atoms with van der Waals surface area (Å²) in [5.74, 6) is -1.10. The third-order valence-corrected chi connectivity index (χ3v) is 2.78. The van der Waals surface area contributed by atoms with Crippen molar-refractivity contribution in [2.45, 2.75) is 12.8 Å². The summed E-state index contributed by atoms with van der Waals surface area (Å²) >= 11 is 0. The first-order valence-electron chi connectivity index (χ1n) is 6.14. The molecule has 0 aliphatic rings. The monoisotopic (exact) mass is 273 g/mol. The second kappa shape index (κ2) is 6.01. The van der Waals surface area contributed by atoms with Gasteiger partial charge in [-0.05, 0) is 24.1 Å². The Morgan fingerprint density at radius 2 is 2.00 bits per heavy atom. The number of aromatic nitrogens is 2. The van der Waals surface area contributed by atoms with E-state index < -0.39 is 5.97 Å². The van der Waals surface area contributed by atoms with Crippen LogP contribution >= 0.6 is 0 Å². The average Bonchev–Trinajstić information content (AvgIpc) is 2.85. The first-order valence-corrected chi connectivity index (χ1v) is 6.14. The number of carbonyl (C=O) groups is 2. The van der Waals surface area contributed by atoms with Crippen LogP contribution in [0, 0.1) is 0 Å². The molecule has 1 heterocycles. The van der Waals surface area contributed by atoms with Gasteiger partial charge < -0.3 is 15.0 Å². The molecule has 0 radical (unpaired) electrons. The lowest BCUT2D eigenvalue weighted by molar-refractivity contribution is -0.136. The van der Waals surface area contributed by atoms with Gasteiger partial charge in [-0.15, -0.1) is 0 Å². The van der Waals surface area contributed by atoms with Gasteiger partial charge in [0.15, 0.2) is 0 Å². The molecule has 6 heteroatoms. The molecule has 0 aliphatic carbocycles. The zero-order valence-electron chi connectivity index (χ0n) is 11.0. The van der Waals surface area contributed by atoms with Crippen LogP contribution in [-0.4, -0.2) is 26.5 Å². The Hall–Kier alpha value is -2.63. The lowest BCUT2D eigenvalue weighted by Crippen LogP contribution is -2.12. The van der Waals surface area contributed by atoms with Crippen LogP contribution in [0.3, 0.4) is 0 Å². The van der Waals surface area contributed by atoms with Crippen molar-refractivity contribution in [2.24, 2.45) is 7.05 Å². The highest BCUT2D eigenvalue weighted by Crippen LogP contribution is 2.12. The van der Waals surface area contributed by atoms with Gasteiger partial charge in [0.25, 0.3) is 5.91 Å². The van der Waals surface area contributed by atoms with Gasteiger partial charge in [0.1, 0.15) is 5.69 Å². The summed E-state index contributed by atoms with van der Waals surface area (Å²) in [6.07, 6.45) is 3.77. The third kappa shape index (κ3) is 3.68. The van der Waals surface area contributed by atoms with Gasteiger partial charge in [0, 0.05) is 25.4 Å². The third-order valence-electron chi connectivity index (χ3n) is 2.78. The topological polar surface area (TPSA) is 84.2 Å². The Morgan fingerprint density at radius 3 is 2.55 bits per heavy atom. The van der Waals surface area contributed by atoms with Crippen LogP contribution in [-0.2, 0) is 18.3 Å². The second-order valence-electron chi connectivity index (χ2n) is 4.47. The van der Waals surface area contributed by atoms with Crippen LogP contribution in [0.25, 0.3) is 0 Å². The molecule has 104 valence electrons. The molecule has 0 unspecified atom stereocenters. The SMILES string of the molecule is Cn1cnc(C(=O)Nc2ccc(CCC(=O)O)cc2)c1. The number of benzene rings is 1. The van der Waals surface area contributed by atoms with Crippen molar-refractivity contribution in [2.75, 3.05) is 5.32 Å². The van der Waals surface area contributed by atoms with Gasteiger partial charge in [0.2, 0.25) is 0 Å². The molecule has 0 saturated heterocycles. The van der Waals surface area contributed by atoms with Gasteiger partial charge in [-0.2, -0.15) is 0 Å². The quantitative estimate of drug-likeness (QED) is 0.868. The number of aryl methyl sites for hydroxylation is 2. The zero-order chi connectivity index (χ0) is 14.5. The van der Waals surface area contributed by atoms with E-state index in [0.29, 0.717) is 17.8 Å².